The van der Waals surface area contributed by atoms with E-state index >= 15 is 0 Å². The van der Waals surface area contributed by atoms with Crippen molar-refractivity contribution in [1.82, 2.24) is 5.32 Å². The van der Waals surface area contributed by atoms with Gasteiger partial charge in [0.1, 0.15) is 23.8 Å². The van der Waals surface area contributed by atoms with Crippen molar-refractivity contribution in [3.05, 3.63) is 93.7 Å². The number of para-hydroxylation sites is 4. The SMILES string of the molecule is COc1ccc(/C=C2/NC(=S)N(c3ccccc3OC)C2=O)cc1COc1ccccc1[N+](=O)[O-]. The van der Waals surface area contributed by atoms with Crippen LogP contribution >= 0.6 is 12.2 Å². The maximum Gasteiger partial charge on any atom is 0.310 e. The molecule has 1 aliphatic heterocycles. The molecule has 0 aliphatic carbocycles. The summed E-state index contributed by atoms with van der Waals surface area (Å²) in [6.45, 7) is 0.0260. The van der Waals surface area contributed by atoms with Crippen LogP contribution in [0.5, 0.6) is 17.2 Å². The molecule has 0 spiro atoms. The third-order valence-electron chi connectivity index (χ3n) is 5.26. The lowest BCUT2D eigenvalue weighted by molar-refractivity contribution is -0.385. The summed E-state index contributed by atoms with van der Waals surface area (Å²) >= 11 is 5.40. The number of carbonyl (C=O) groups excluding carboxylic acids is 1. The number of hydrogen-bond donors (Lipinski definition) is 1. The summed E-state index contributed by atoms with van der Waals surface area (Å²) in [7, 11) is 3.05. The van der Waals surface area contributed by atoms with Crippen molar-refractivity contribution in [2.45, 2.75) is 6.61 Å². The Morgan fingerprint density at radius 1 is 1.00 bits per heavy atom. The molecule has 1 fully saturated rings. The molecule has 0 bridgehead atoms. The molecule has 0 saturated carbocycles. The molecule has 1 saturated heterocycles. The van der Waals surface area contributed by atoms with E-state index < -0.39 is 4.92 Å². The molecule has 9 nitrogen and oxygen atoms in total. The van der Waals surface area contributed by atoms with Crippen molar-refractivity contribution < 1.29 is 23.9 Å². The predicted molar refractivity (Wildman–Crippen MR) is 135 cm³/mol. The summed E-state index contributed by atoms with van der Waals surface area (Å²) in [6, 6.07) is 18.5. The average Bonchev–Trinajstić information content (AvgIpc) is 3.15. The van der Waals surface area contributed by atoms with Crippen LogP contribution in [0.15, 0.2) is 72.4 Å². The molecule has 178 valence electrons. The molecular formula is C25H21N3O6S. The normalized spacial score (nSPS) is 14.1. The van der Waals surface area contributed by atoms with Crippen LogP contribution in [-0.4, -0.2) is 30.2 Å². The van der Waals surface area contributed by atoms with Crippen molar-refractivity contribution in [2.75, 3.05) is 19.1 Å². The van der Waals surface area contributed by atoms with Gasteiger partial charge in [0.25, 0.3) is 5.91 Å². The number of nitrogens with zero attached hydrogens (tertiary/aromatic N) is 2. The van der Waals surface area contributed by atoms with E-state index in [1.807, 2.05) is 0 Å². The van der Waals surface area contributed by atoms with Crippen molar-refractivity contribution in [3.8, 4) is 17.2 Å². The molecule has 3 aromatic carbocycles. The number of anilines is 1. The van der Waals surface area contributed by atoms with Gasteiger partial charge in [-0.2, -0.15) is 0 Å². The number of ether oxygens (including phenoxy) is 3. The Kier molecular flexibility index (Phi) is 6.93. The lowest BCUT2D eigenvalue weighted by atomic mass is 10.1. The highest BCUT2D eigenvalue weighted by Crippen LogP contribution is 2.32. The van der Waals surface area contributed by atoms with Crippen LogP contribution in [0.1, 0.15) is 11.1 Å². The quantitative estimate of drug-likeness (QED) is 0.213. The highest BCUT2D eigenvalue weighted by molar-refractivity contribution is 7.80. The second-order valence-corrected chi connectivity index (χ2v) is 7.77. The van der Waals surface area contributed by atoms with Crippen LogP contribution in [-0.2, 0) is 11.4 Å². The smallest absolute Gasteiger partial charge is 0.310 e. The third kappa shape index (κ3) is 4.92. The Labute approximate surface area is 206 Å². The zero-order valence-corrected chi connectivity index (χ0v) is 19.7. The molecule has 0 unspecified atom stereocenters. The molecule has 1 N–H and O–H groups in total. The van der Waals surface area contributed by atoms with E-state index in [0.29, 0.717) is 28.3 Å². The van der Waals surface area contributed by atoms with Gasteiger partial charge in [-0.05, 0) is 54.2 Å². The van der Waals surface area contributed by atoms with Gasteiger partial charge in [0.2, 0.25) is 0 Å². The van der Waals surface area contributed by atoms with Gasteiger partial charge in [0, 0.05) is 11.6 Å². The number of nitro benzene ring substituents is 1. The number of benzene rings is 3. The van der Waals surface area contributed by atoms with Gasteiger partial charge in [0.15, 0.2) is 10.9 Å². The fraction of sp³-hybridized carbons (Fsp3) is 0.120. The largest absolute Gasteiger partial charge is 0.496 e. The van der Waals surface area contributed by atoms with Crippen LogP contribution in [0.25, 0.3) is 6.08 Å². The Morgan fingerprint density at radius 2 is 1.69 bits per heavy atom. The molecular weight excluding hydrogens is 470 g/mol. The van der Waals surface area contributed by atoms with E-state index in [9.17, 15) is 14.9 Å². The van der Waals surface area contributed by atoms with E-state index in [1.165, 1.54) is 31.3 Å². The van der Waals surface area contributed by atoms with Gasteiger partial charge in [-0.3, -0.25) is 14.9 Å². The van der Waals surface area contributed by atoms with Gasteiger partial charge < -0.3 is 19.5 Å². The van der Waals surface area contributed by atoms with Crippen molar-refractivity contribution in [3.63, 3.8) is 0 Å². The highest BCUT2D eigenvalue weighted by atomic mass is 32.1. The number of thiocarbonyl (C=S) groups is 1. The van der Waals surface area contributed by atoms with E-state index in [4.69, 9.17) is 26.4 Å². The molecule has 0 radical (unpaired) electrons. The summed E-state index contributed by atoms with van der Waals surface area (Å²) < 4.78 is 16.5. The van der Waals surface area contributed by atoms with Crippen LogP contribution < -0.4 is 24.4 Å². The minimum Gasteiger partial charge on any atom is -0.496 e. The summed E-state index contributed by atoms with van der Waals surface area (Å²) in [6.07, 6.45) is 1.66. The first-order valence-electron chi connectivity index (χ1n) is 10.5. The standard InChI is InChI=1S/C25H21N3O6S/c1-32-21-12-11-16(13-17(21)15-34-23-10-6-4-8-20(23)28(30)31)14-18-24(29)27(25(35)26-18)19-7-3-5-9-22(19)33-2/h3-14H,15H2,1-2H3,(H,26,35)/b18-14+. The number of nitro groups is 1. The number of rotatable bonds is 8. The molecule has 1 amide bonds. The van der Waals surface area contributed by atoms with E-state index in [2.05, 4.69) is 5.32 Å². The van der Waals surface area contributed by atoms with Crippen molar-refractivity contribution in [1.29, 1.82) is 0 Å². The predicted octanol–water partition coefficient (Wildman–Crippen LogP) is 4.45. The summed E-state index contributed by atoms with van der Waals surface area (Å²) in [5.41, 5.74) is 2.03. The molecule has 1 aliphatic rings. The first-order chi connectivity index (χ1) is 16.9. The van der Waals surface area contributed by atoms with Crippen molar-refractivity contribution in [2.24, 2.45) is 0 Å². The van der Waals surface area contributed by atoms with Crippen LogP contribution in [0.3, 0.4) is 0 Å². The zero-order valence-electron chi connectivity index (χ0n) is 18.9. The number of carbonyl (C=O) groups is 1. The van der Waals surface area contributed by atoms with Gasteiger partial charge >= 0.3 is 5.69 Å². The van der Waals surface area contributed by atoms with Crippen molar-refractivity contribution >= 4 is 40.7 Å². The molecule has 0 atom stereocenters. The van der Waals surface area contributed by atoms with Gasteiger partial charge in [-0.1, -0.05) is 30.3 Å². The summed E-state index contributed by atoms with van der Waals surface area (Å²) in [5, 5.41) is 14.5. The number of nitrogens with one attached hydrogen (secondary N) is 1. The van der Waals surface area contributed by atoms with Crippen LogP contribution in [0.2, 0.25) is 0 Å². The van der Waals surface area contributed by atoms with Gasteiger partial charge in [0.05, 0.1) is 24.8 Å². The fourth-order valence-corrected chi connectivity index (χ4v) is 3.91. The fourth-order valence-electron chi connectivity index (χ4n) is 3.62. The topological polar surface area (TPSA) is 103 Å². The molecule has 3 aromatic rings. The lowest BCUT2D eigenvalue weighted by Gasteiger charge is -2.17. The van der Waals surface area contributed by atoms with Gasteiger partial charge in [-0.15, -0.1) is 0 Å². The minimum atomic E-state index is -0.499. The first-order valence-corrected chi connectivity index (χ1v) is 10.9. The molecule has 0 aromatic heterocycles. The van der Waals surface area contributed by atoms with Gasteiger partial charge in [-0.25, -0.2) is 4.90 Å². The minimum absolute atomic E-state index is 0.0260. The molecule has 1 heterocycles. The second kappa shape index (κ2) is 10.2. The van der Waals surface area contributed by atoms with E-state index in [-0.39, 0.29) is 34.8 Å². The molecule has 10 heteroatoms. The molecule has 35 heavy (non-hydrogen) atoms. The number of hydrogen-bond acceptors (Lipinski definition) is 7. The monoisotopic (exact) mass is 491 g/mol. The Bertz CT molecular complexity index is 1340. The Hall–Kier alpha value is -4.44. The average molecular weight is 492 g/mol. The molecule has 4 rings (SSSR count). The maximum atomic E-state index is 13.1. The lowest BCUT2D eigenvalue weighted by Crippen LogP contribution is -2.30. The summed E-state index contributed by atoms with van der Waals surface area (Å²) in [5.74, 6) is 0.884. The number of methoxy groups -OCH3 is 2. The maximum absolute atomic E-state index is 13.1. The first kappa shape index (κ1) is 23.7. The second-order valence-electron chi connectivity index (χ2n) is 7.39. The van der Waals surface area contributed by atoms with E-state index in [0.717, 1.165) is 0 Å². The zero-order chi connectivity index (χ0) is 24.9. The van der Waals surface area contributed by atoms with Crippen LogP contribution in [0, 0.1) is 10.1 Å². The van der Waals surface area contributed by atoms with Crippen LogP contribution in [0.4, 0.5) is 11.4 Å². The number of amides is 1. The highest BCUT2D eigenvalue weighted by Gasteiger charge is 2.33. The van der Waals surface area contributed by atoms with E-state index in [1.54, 1.807) is 60.7 Å². The third-order valence-corrected chi connectivity index (χ3v) is 5.55. The summed E-state index contributed by atoms with van der Waals surface area (Å²) in [4.78, 5) is 25.3. The Balaban J connectivity index is 1.60. The Morgan fingerprint density at radius 3 is 2.40 bits per heavy atom.